The smallest absolute Gasteiger partial charge is 0.123 e. The highest BCUT2D eigenvalue weighted by molar-refractivity contribution is 5.50. The Balaban J connectivity index is 2.14. The lowest BCUT2D eigenvalue weighted by molar-refractivity contribution is 0.222. The number of halogens is 1. The van der Waals surface area contributed by atoms with E-state index >= 15 is 0 Å². The van der Waals surface area contributed by atoms with Gasteiger partial charge in [0.05, 0.1) is 19.3 Å². The van der Waals surface area contributed by atoms with Gasteiger partial charge in [0.1, 0.15) is 11.6 Å². The molecule has 0 aliphatic rings. The van der Waals surface area contributed by atoms with Gasteiger partial charge >= 0.3 is 0 Å². The Morgan fingerprint density at radius 3 is 2.52 bits per heavy atom. The molecule has 0 aliphatic heterocycles. The van der Waals surface area contributed by atoms with Crippen LogP contribution >= 0.6 is 0 Å². The standard InChI is InChI=1S/C17H20FNO2/c1-17(12-20,11-13-6-8-14(18)9-7-13)19-15-4-3-5-16(10-15)21-2/h3-10,19-20H,11-12H2,1-2H3. The van der Waals surface area contributed by atoms with Crippen LogP contribution in [0.5, 0.6) is 5.75 Å². The summed E-state index contributed by atoms with van der Waals surface area (Å²) in [4.78, 5) is 0. The van der Waals surface area contributed by atoms with Crippen molar-refractivity contribution in [2.75, 3.05) is 19.0 Å². The van der Waals surface area contributed by atoms with Gasteiger partial charge in [-0.15, -0.1) is 0 Å². The van der Waals surface area contributed by atoms with Crippen LogP contribution in [0.15, 0.2) is 48.5 Å². The SMILES string of the molecule is COc1cccc(NC(C)(CO)Cc2ccc(F)cc2)c1. The molecule has 0 bridgehead atoms. The molecule has 0 fully saturated rings. The number of nitrogens with one attached hydrogen (secondary N) is 1. The van der Waals surface area contributed by atoms with Crippen LogP contribution in [0.1, 0.15) is 12.5 Å². The first-order chi connectivity index (χ1) is 10.0. The van der Waals surface area contributed by atoms with Crippen molar-refractivity contribution < 1.29 is 14.2 Å². The monoisotopic (exact) mass is 289 g/mol. The van der Waals surface area contributed by atoms with Crippen LogP contribution in [0.3, 0.4) is 0 Å². The molecular weight excluding hydrogens is 269 g/mol. The van der Waals surface area contributed by atoms with Crippen molar-refractivity contribution in [2.45, 2.75) is 18.9 Å². The van der Waals surface area contributed by atoms with Crippen LogP contribution in [-0.2, 0) is 6.42 Å². The van der Waals surface area contributed by atoms with E-state index in [9.17, 15) is 9.50 Å². The average molecular weight is 289 g/mol. The summed E-state index contributed by atoms with van der Waals surface area (Å²) in [6, 6.07) is 13.9. The van der Waals surface area contributed by atoms with Gasteiger partial charge in [-0.3, -0.25) is 0 Å². The van der Waals surface area contributed by atoms with Gasteiger partial charge in [-0.1, -0.05) is 18.2 Å². The van der Waals surface area contributed by atoms with Crippen LogP contribution in [0.2, 0.25) is 0 Å². The lowest BCUT2D eigenvalue weighted by Gasteiger charge is -2.30. The number of aliphatic hydroxyl groups is 1. The van der Waals surface area contributed by atoms with E-state index in [2.05, 4.69) is 5.32 Å². The molecule has 4 heteroatoms. The van der Waals surface area contributed by atoms with E-state index in [1.54, 1.807) is 19.2 Å². The molecule has 2 aromatic carbocycles. The van der Waals surface area contributed by atoms with E-state index in [-0.39, 0.29) is 12.4 Å². The summed E-state index contributed by atoms with van der Waals surface area (Å²) in [6.07, 6.45) is 0.584. The van der Waals surface area contributed by atoms with Gasteiger partial charge in [-0.05, 0) is 43.2 Å². The van der Waals surface area contributed by atoms with Gasteiger partial charge in [0, 0.05) is 11.8 Å². The number of hydrogen-bond donors (Lipinski definition) is 2. The molecular formula is C17H20FNO2. The van der Waals surface area contributed by atoms with Gasteiger partial charge in [-0.2, -0.15) is 0 Å². The Morgan fingerprint density at radius 1 is 1.19 bits per heavy atom. The summed E-state index contributed by atoms with van der Waals surface area (Å²) in [6.45, 7) is 1.89. The molecule has 2 N–H and O–H groups in total. The first-order valence-electron chi connectivity index (χ1n) is 6.82. The minimum Gasteiger partial charge on any atom is -0.497 e. The summed E-state index contributed by atoms with van der Waals surface area (Å²) in [7, 11) is 1.61. The summed E-state index contributed by atoms with van der Waals surface area (Å²) in [5.41, 5.74) is 1.29. The maximum Gasteiger partial charge on any atom is 0.123 e. The van der Waals surface area contributed by atoms with Crippen molar-refractivity contribution in [3.8, 4) is 5.75 Å². The second kappa shape index (κ2) is 6.59. The van der Waals surface area contributed by atoms with Crippen molar-refractivity contribution in [2.24, 2.45) is 0 Å². The molecule has 0 saturated carbocycles. The molecule has 112 valence electrons. The van der Waals surface area contributed by atoms with Gasteiger partial charge in [0.2, 0.25) is 0 Å². The van der Waals surface area contributed by atoms with Crippen molar-refractivity contribution >= 4 is 5.69 Å². The fourth-order valence-electron chi connectivity index (χ4n) is 2.24. The third kappa shape index (κ3) is 4.20. The predicted molar refractivity (Wildman–Crippen MR) is 82.2 cm³/mol. The third-order valence-corrected chi connectivity index (χ3v) is 3.37. The molecule has 0 spiro atoms. The van der Waals surface area contributed by atoms with E-state index in [1.165, 1.54) is 12.1 Å². The molecule has 3 nitrogen and oxygen atoms in total. The minimum absolute atomic E-state index is 0.0401. The van der Waals surface area contributed by atoms with E-state index in [4.69, 9.17) is 4.74 Å². The topological polar surface area (TPSA) is 41.5 Å². The van der Waals surface area contributed by atoms with Gasteiger partial charge < -0.3 is 15.2 Å². The van der Waals surface area contributed by atoms with E-state index in [0.717, 1.165) is 17.0 Å². The van der Waals surface area contributed by atoms with Gasteiger partial charge in [0.25, 0.3) is 0 Å². The first kappa shape index (κ1) is 15.3. The number of ether oxygens (including phenoxy) is 1. The fourth-order valence-corrected chi connectivity index (χ4v) is 2.24. The van der Waals surface area contributed by atoms with Crippen LogP contribution in [0.4, 0.5) is 10.1 Å². The maximum atomic E-state index is 13.0. The van der Waals surface area contributed by atoms with Gasteiger partial charge in [0.15, 0.2) is 0 Å². The summed E-state index contributed by atoms with van der Waals surface area (Å²) >= 11 is 0. The van der Waals surface area contributed by atoms with Crippen LogP contribution < -0.4 is 10.1 Å². The Kier molecular flexibility index (Phi) is 4.81. The fraction of sp³-hybridized carbons (Fsp3) is 0.294. The average Bonchev–Trinajstić information content (AvgIpc) is 2.50. The normalized spacial score (nSPS) is 13.5. The minimum atomic E-state index is -0.538. The molecule has 0 heterocycles. The summed E-state index contributed by atoms with van der Waals surface area (Å²) in [5, 5.41) is 13.0. The van der Waals surface area contributed by atoms with Gasteiger partial charge in [-0.25, -0.2) is 4.39 Å². The molecule has 0 saturated heterocycles. The Morgan fingerprint density at radius 2 is 1.90 bits per heavy atom. The number of benzene rings is 2. The molecule has 2 aromatic rings. The first-order valence-corrected chi connectivity index (χ1v) is 6.82. The maximum absolute atomic E-state index is 13.0. The second-order valence-corrected chi connectivity index (χ2v) is 5.38. The highest BCUT2D eigenvalue weighted by Crippen LogP contribution is 2.23. The lowest BCUT2D eigenvalue weighted by atomic mass is 9.93. The molecule has 1 atom stereocenters. The highest BCUT2D eigenvalue weighted by Gasteiger charge is 2.23. The Hall–Kier alpha value is -2.07. The van der Waals surface area contributed by atoms with E-state index in [0.29, 0.717) is 6.42 Å². The second-order valence-electron chi connectivity index (χ2n) is 5.38. The molecule has 1 unspecified atom stereocenters. The molecule has 0 aromatic heterocycles. The summed E-state index contributed by atoms with van der Waals surface area (Å²) < 4.78 is 18.1. The molecule has 21 heavy (non-hydrogen) atoms. The highest BCUT2D eigenvalue weighted by atomic mass is 19.1. The number of aliphatic hydroxyl groups excluding tert-OH is 1. The molecule has 0 aliphatic carbocycles. The van der Waals surface area contributed by atoms with Crippen molar-refractivity contribution in [1.29, 1.82) is 0 Å². The Labute approximate surface area is 124 Å². The van der Waals surface area contributed by atoms with Crippen molar-refractivity contribution in [3.63, 3.8) is 0 Å². The number of anilines is 1. The van der Waals surface area contributed by atoms with Crippen LogP contribution in [-0.4, -0.2) is 24.4 Å². The third-order valence-electron chi connectivity index (χ3n) is 3.37. The van der Waals surface area contributed by atoms with Crippen molar-refractivity contribution in [1.82, 2.24) is 0 Å². The zero-order chi connectivity index (χ0) is 15.3. The quantitative estimate of drug-likeness (QED) is 0.858. The number of rotatable bonds is 6. The summed E-state index contributed by atoms with van der Waals surface area (Å²) in [5.74, 6) is 0.493. The van der Waals surface area contributed by atoms with Crippen molar-refractivity contribution in [3.05, 3.63) is 59.9 Å². The zero-order valence-electron chi connectivity index (χ0n) is 12.3. The van der Waals surface area contributed by atoms with E-state index in [1.807, 2.05) is 31.2 Å². The zero-order valence-corrected chi connectivity index (χ0v) is 12.3. The Bertz CT molecular complexity index is 586. The van der Waals surface area contributed by atoms with Crippen LogP contribution in [0, 0.1) is 5.82 Å². The lowest BCUT2D eigenvalue weighted by Crippen LogP contribution is -2.41. The predicted octanol–water partition coefficient (Wildman–Crippen LogP) is 3.24. The molecule has 0 amide bonds. The molecule has 0 radical (unpaired) electrons. The number of methoxy groups -OCH3 is 1. The largest absolute Gasteiger partial charge is 0.497 e. The van der Waals surface area contributed by atoms with Crippen LogP contribution in [0.25, 0.3) is 0 Å². The number of hydrogen-bond acceptors (Lipinski definition) is 3. The molecule has 2 rings (SSSR count). The van der Waals surface area contributed by atoms with E-state index < -0.39 is 5.54 Å².